The molecule has 5 heterocycles. The molecule has 312 valence electrons. The van der Waals surface area contributed by atoms with Gasteiger partial charge < -0.3 is 33.3 Å². The third kappa shape index (κ3) is 8.59. The Bertz CT molecular complexity index is 2430. The number of carbonyl (C=O) groups excluding carboxylic acids is 1. The molecular weight excluding hydrogens is 765 g/mol. The summed E-state index contributed by atoms with van der Waals surface area (Å²) < 4.78 is 38.6. The number of anilines is 1. The van der Waals surface area contributed by atoms with Crippen molar-refractivity contribution in [1.82, 2.24) is 35.1 Å². The molecule has 0 radical (unpaired) electrons. The minimum absolute atomic E-state index is 0.207. The number of rotatable bonds is 14. The van der Waals surface area contributed by atoms with Crippen LogP contribution in [0.4, 0.5) is 5.82 Å². The van der Waals surface area contributed by atoms with Crippen LogP contribution in [0.2, 0.25) is 0 Å². The number of hydrogen-bond donors (Lipinski definition) is 1. The Morgan fingerprint density at radius 2 is 1.70 bits per heavy atom. The number of ether oxygens (including phenoxy) is 3. The van der Waals surface area contributed by atoms with E-state index in [2.05, 4.69) is 37.0 Å². The predicted octanol–water partition coefficient (Wildman–Crippen LogP) is 5.69. The second kappa shape index (κ2) is 16.0. The molecule has 0 amide bonds. The van der Waals surface area contributed by atoms with Crippen LogP contribution in [-0.2, 0) is 31.9 Å². The van der Waals surface area contributed by atoms with Crippen molar-refractivity contribution in [1.29, 1.82) is 0 Å². The van der Waals surface area contributed by atoms with Crippen LogP contribution in [0.5, 0.6) is 11.8 Å². The fraction of sp³-hybridized carbons (Fsp3) is 0.465. The molecule has 1 aliphatic heterocycles. The smallest absolute Gasteiger partial charge is 0.481 e. The average Bonchev–Trinajstić information content (AvgIpc) is 4.16. The van der Waals surface area contributed by atoms with Gasteiger partial charge in [0.1, 0.15) is 35.6 Å². The van der Waals surface area contributed by atoms with Gasteiger partial charge in [-0.1, -0.05) is 12.1 Å². The van der Waals surface area contributed by atoms with Crippen molar-refractivity contribution in [2.45, 2.75) is 116 Å². The van der Waals surface area contributed by atoms with Gasteiger partial charge in [0.2, 0.25) is 17.7 Å². The fourth-order valence-corrected chi connectivity index (χ4v) is 7.34. The van der Waals surface area contributed by atoms with E-state index in [4.69, 9.17) is 42.9 Å². The van der Waals surface area contributed by atoms with Gasteiger partial charge in [-0.3, -0.25) is 0 Å². The lowest BCUT2D eigenvalue weighted by atomic mass is 9.77. The summed E-state index contributed by atoms with van der Waals surface area (Å²) in [5.74, 6) is 2.78. The lowest BCUT2D eigenvalue weighted by Gasteiger charge is -2.35. The number of benzene rings is 1. The Morgan fingerprint density at radius 3 is 2.35 bits per heavy atom. The molecule has 1 atom stereocenters. The second-order valence-electron chi connectivity index (χ2n) is 17.2. The highest BCUT2D eigenvalue weighted by molar-refractivity contribution is 6.63. The van der Waals surface area contributed by atoms with E-state index in [0.29, 0.717) is 65.3 Å². The molecule has 17 heteroatoms. The highest BCUT2D eigenvalue weighted by Gasteiger charge is 2.58. The first-order valence-corrected chi connectivity index (χ1v) is 20.3. The summed E-state index contributed by atoms with van der Waals surface area (Å²) in [7, 11) is 2.47. The van der Waals surface area contributed by atoms with Crippen molar-refractivity contribution in [2.75, 3.05) is 19.5 Å². The van der Waals surface area contributed by atoms with Crippen molar-refractivity contribution in [3.05, 3.63) is 77.6 Å². The van der Waals surface area contributed by atoms with Crippen LogP contribution in [0.15, 0.2) is 53.6 Å². The summed E-state index contributed by atoms with van der Waals surface area (Å²) in [4.78, 5) is 36.6. The largest absolute Gasteiger partial charge is 0.502 e. The SMILES string of the molecule is COc1ncnc(C2CC2)c1B1OC(C)(C)C(C)(C[n+]2cnc(OC)c(-c3ncc(/C=C/C(=O)OC(C)(C)C)c(NCc4ccc(-c5nnc(C)o5)cc4)n3)c2C2CC2)O1. The van der Waals surface area contributed by atoms with Gasteiger partial charge in [-0.05, 0) is 96.0 Å². The van der Waals surface area contributed by atoms with Crippen LogP contribution in [0.3, 0.4) is 0 Å². The molecule has 1 aromatic carbocycles. The van der Waals surface area contributed by atoms with E-state index in [1.54, 1.807) is 46.1 Å². The van der Waals surface area contributed by atoms with Crippen LogP contribution in [0.25, 0.3) is 28.9 Å². The Morgan fingerprint density at radius 1 is 0.967 bits per heavy atom. The first kappa shape index (κ1) is 41.0. The van der Waals surface area contributed by atoms with E-state index in [9.17, 15) is 4.79 Å². The van der Waals surface area contributed by atoms with E-state index < -0.39 is 29.9 Å². The molecule has 2 aliphatic carbocycles. The molecule has 1 unspecified atom stereocenters. The van der Waals surface area contributed by atoms with Gasteiger partial charge in [0.15, 0.2) is 11.4 Å². The number of nitrogens with one attached hydrogen (secondary N) is 1. The third-order valence-electron chi connectivity index (χ3n) is 11.1. The van der Waals surface area contributed by atoms with Gasteiger partial charge in [-0.2, -0.15) is 0 Å². The number of aromatic nitrogens is 8. The van der Waals surface area contributed by atoms with E-state index >= 15 is 0 Å². The van der Waals surface area contributed by atoms with Gasteiger partial charge in [0.25, 0.3) is 6.33 Å². The molecule has 60 heavy (non-hydrogen) atoms. The Hall–Kier alpha value is -5.81. The standard InChI is InChI=1S/C43H50BN9O7/c1-25-51-52-38(57-25)29-12-10-26(11-13-29)20-45-36-30(18-19-31(54)58-41(2,3)4)21-46-37(50-36)32-35(28-16-17-28)53(24-49-39(32)55-8)22-43(7)42(5,6)59-44(60-43)33-34(27-14-15-27)47-23-48-40(33)56-9/h10-13,18-19,21,23-24,27-28H,14-17,20,22H2,1-9H3/p+1. The minimum atomic E-state index is -0.830. The topological polar surface area (TPSA) is 182 Å². The van der Waals surface area contributed by atoms with E-state index in [0.717, 1.165) is 53.7 Å². The molecule has 8 rings (SSSR count). The molecule has 4 aromatic heterocycles. The predicted molar refractivity (Wildman–Crippen MR) is 221 cm³/mol. The van der Waals surface area contributed by atoms with Crippen molar-refractivity contribution in [3.8, 4) is 34.6 Å². The molecular formula is C43H51BN9O7+. The summed E-state index contributed by atoms with van der Waals surface area (Å²) >= 11 is 0. The van der Waals surface area contributed by atoms with Gasteiger partial charge in [-0.25, -0.2) is 29.3 Å². The molecule has 0 spiro atoms. The van der Waals surface area contributed by atoms with Gasteiger partial charge in [-0.15, -0.1) is 10.2 Å². The summed E-state index contributed by atoms with van der Waals surface area (Å²) in [6.07, 6.45) is 12.1. The number of methoxy groups -OCH3 is 2. The van der Waals surface area contributed by atoms with Crippen LogP contribution in [-0.4, -0.2) is 79.2 Å². The first-order chi connectivity index (χ1) is 28.6. The zero-order valence-electron chi connectivity index (χ0n) is 35.6. The molecule has 1 saturated heterocycles. The summed E-state index contributed by atoms with van der Waals surface area (Å²) in [6, 6.07) is 7.82. The monoisotopic (exact) mass is 816 g/mol. The Labute approximate surface area is 349 Å². The van der Waals surface area contributed by atoms with E-state index in [1.807, 2.05) is 58.9 Å². The number of nitrogens with zero attached hydrogens (tertiary/aromatic N) is 8. The Kier molecular flexibility index (Phi) is 10.9. The van der Waals surface area contributed by atoms with Crippen LogP contribution in [0, 0.1) is 6.92 Å². The van der Waals surface area contributed by atoms with Crippen molar-refractivity contribution < 1.29 is 37.3 Å². The normalized spacial score (nSPS) is 18.9. The maximum absolute atomic E-state index is 12.8. The zero-order chi connectivity index (χ0) is 42.4. The van der Waals surface area contributed by atoms with Gasteiger partial charge >= 0.3 is 19.0 Å². The molecule has 3 aliphatic rings. The van der Waals surface area contributed by atoms with E-state index in [-0.39, 0.29) is 5.92 Å². The molecule has 16 nitrogen and oxygen atoms in total. The molecule has 0 bridgehead atoms. The minimum Gasteiger partial charge on any atom is -0.481 e. The highest BCUT2D eigenvalue weighted by atomic mass is 16.7. The van der Waals surface area contributed by atoms with Crippen molar-refractivity contribution in [3.63, 3.8) is 0 Å². The molecule has 3 fully saturated rings. The Balaban J connectivity index is 1.14. The third-order valence-corrected chi connectivity index (χ3v) is 11.1. The van der Waals surface area contributed by atoms with Crippen LogP contribution < -0.4 is 24.8 Å². The number of esters is 1. The average molecular weight is 817 g/mol. The molecule has 2 saturated carbocycles. The molecule has 1 N–H and O–H groups in total. The second-order valence-corrected chi connectivity index (χ2v) is 17.2. The van der Waals surface area contributed by atoms with Gasteiger partial charge in [0.05, 0.1) is 31.0 Å². The summed E-state index contributed by atoms with van der Waals surface area (Å²) in [6.45, 7) is 14.2. The number of carbonyl (C=O) groups is 1. The lowest BCUT2D eigenvalue weighted by Crippen LogP contribution is -2.57. The maximum atomic E-state index is 12.8. The summed E-state index contributed by atoms with van der Waals surface area (Å²) in [5, 5.41) is 11.6. The summed E-state index contributed by atoms with van der Waals surface area (Å²) in [5.41, 5.74) is 3.48. The fourth-order valence-electron chi connectivity index (χ4n) is 7.34. The lowest BCUT2D eigenvalue weighted by molar-refractivity contribution is -0.719. The molecule has 5 aromatic rings. The van der Waals surface area contributed by atoms with E-state index in [1.165, 1.54) is 6.08 Å². The van der Waals surface area contributed by atoms with Crippen molar-refractivity contribution >= 4 is 30.4 Å². The van der Waals surface area contributed by atoms with Crippen LogP contribution >= 0.6 is 0 Å². The van der Waals surface area contributed by atoms with Crippen LogP contribution in [0.1, 0.15) is 107 Å². The highest BCUT2D eigenvalue weighted by Crippen LogP contribution is 2.46. The van der Waals surface area contributed by atoms with Crippen molar-refractivity contribution in [2.24, 2.45) is 0 Å². The number of hydrogen-bond acceptors (Lipinski definition) is 15. The van der Waals surface area contributed by atoms with Gasteiger partial charge in [0, 0.05) is 48.7 Å². The quantitative estimate of drug-likeness (QED) is 0.0624. The first-order valence-electron chi connectivity index (χ1n) is 20.3. The zero-order valence-corrected chi connectivity index (χ0v) is 35.6. The maximum Gasteiger partial charge on any atom is 0.502 e. The number of aryl methyl sites for hydroxylation is 1.